The number of hydrogen-bond acceptors (Lipinski definition) is 2. The van der Waals surface area contributed by atoms with Gasteiger partial charge in [-0.3, -0.25) is 0 Å². The lowest BCUT2D eigenvalue weighted by atomic mass is 10.1. The van der Waals surface area contributed by atoms with Gasteiger partial charge in [-0.25, -0.2) is 0 Å². The van der Waals surface area contributed by atoms with Crippen molar-refractivity contribution in [2.45, 2.75) is 18.2 Å². The third kappa shape index (κ3) is 5.50. The first-order valence-corrected chi connectivity index (χ1v) is 6.04. The molecular formula is C13H19ClO2. The van der Waals surface area contributed by atoms with E-state index in [2.05, 4.69) is 12.1 Å². The molecule has 0 fully saturated rings. The standard InChI is InChI=1S/C13H19ClO2/c1-15-10-11-16-9-5-8-13(14)12-6-3-2-4-7-12/h2-4,6-7,13H,5,8-11H2,1H3. The molecule has 0 bridgehead atoms. The minimum Gasteiger partial charge on any atom is -0.382 e. The second-order valence-corrected chi connectivity index (χ2v) is 4.15. The minimum absolute atomic E-state index is 0.0900. The lowest BCUT2D eigenvalue weighted by Gasteiger charge is -2.09. The van der Waals surface area contributed by atoms with Crippen LogP contribution in [0.5, 0.6) is 0 Å². The Balaban J connectivity index is 2.09. The zero-order valence-corrected chi connectivity index (χ0v) is 10.5. The van der Waals surface area contributed by atoms with E-state index in [1.807, 2.05) is 18.2 Å². The topological polar surface area (TPSA) is 18.5 Å². The number of hydrogen-bond donors (Lipinski definition) is 0. The second-order valence-electron chi connectivity index (χ2n) is 3.63. The molecule has 1 rings (SSSR count). The van der Waals surface area contributed by atoms with Crippen molar-refractivity contribution in [1.29, 1.82) is 0 Å². The molecule has 0 aliphatic rings. The van der Waals surface area contributed by atoms with Gasteiger partial charge in [0, 0.05) is 13.7 Å². The normalized spacial score (nSPS) is 12.6. The van der Waals surface area contributed by atoms with Gasteiger partial charge in [0.25, 0.3) is 0 Å². The fourth-order valence-electron chi connectivity index (χ4n) is 1.44. The fourth-order valence-corrected chi connectivity index (χ4v) is 1.74. The first-order valence-electron chi connectivity index (χ1n) is 5.60. The third-order valence-electron chi connectivity index (χ3n) is 2.34. The van der Waals surface area contributed by atoms with E-state index in [0.717, 1.165) is 19.4 Å². The molecule has 0 saturated carbocycles. The van der Waals surface area contributed by atoms with Crippen LogP contribution >= 0.6 is 11.6 Å². The SMILES string of the molecule is COCCOCCCC(Cl)c1ccccc1. The smallest absolute Gasteiger partial charge is 0.0700 e. The Morgan fingerprint density at radius 3 is 2.56 bits per heavy atom. The maximum atomic E-state index is 6.27. The molecule has 0 radical (unpaired) electrons. The summed E-state index contributed by atoms with van der Waals surface area (Å²) in [5.41, 5.74) is 1.18. The van der Waals surface area contributed by atoms with Gasteiger partial charge in [-0.05, 0) is 18.4 Å². The molecule has 0 amide bonds. The van der Waals surface area contributed by atoms with E-state index in [4.69, 9.17) is 21.1 Å². The largest absolute Gasteiger partial charge is 0.382 e. The summed E-state index contributed by atoms with van der Waals surface area (Å²) >= 11 is 6.27. The molecule has 0 N–H and O–H groups in total. The van der Waals surface area contributed by atoms with Gasteiger partial charge in [0.1, 0.15) is 0 Å². The number of rotatable bonds is 8. The first-order chi connectivity index (χ1) is 7.84. The summed E-state index contributed by atoms with van der Waals surface area (Å²) in [7, 11) is 1.67. The molecule has 0 aliphatic carbocycles. The summed E-state index contributed by atoms with van der Waals surface area (Å²) in [6, 6.07) is 10.1. The zero-order valence-electron chi connectivity index (χ0n) is 9.69. The van der Waals surface area contributed by atoms with Crippen LogP contribution in [0.2, 0.25) is 0 Å². The molecule has 3 heteroatoms. The van der Waals surface area contributed by atoms with Gasteiger partial charge in [-0.15, -0.1) is 11.6 Å². The van der Waals surface area contributed by atoms with Gasteiger partial charge in [0.2, 0.25) is 0 Å². The molecule has 0 aromatic heterocycles. The van der Waals surface area contributed by atoms with Crippen molar-refractivity contribution in [2.24, 2.45) is 0 Å². The van der Waals surface area contributed by atoms with Gasteiger partial charge in [0.15, 0.2) is 0 Å². The van der Waals surface area contributed by atoms with Crippen LogP contribution < -0.4 is 0 Å². The quantitative estimate of drug-likeness (QED) is 0.514. The van der Waals surface area contributed by atoms with Crippen LogP contribution in [0.3, 0.4) is 0 Å². The van der Waals surface area contributed by atoms with E-state index in [0.29, 0.717) is 13.2 Å². The molecule has 1 aromatic carbocycles. The van der Waals surface area contributed by atoms with Crippen LogP contribution in [-0.2, 0) is 9.47 Å². The average molecular weight is 243 g/mol. The number of halogens is 1. The molecule has 0 spiro atoms. The molecule has 90 valence electrons. The maximum absolute atomic E-state index is 6.27. The van der Waals surface area contributed by atoms with Crippen molar-refractivity contribution in [3.63, 3.8) is 0 Å². The number of methoxy groups -OCH3 is 1. The third-order valence-corrected chi connectivity index (χ3v) is 2.81. The second kappa shape index (κ2) is 8.57. The van der Waals surface area contributed by atoms with Gasteiger partial charge in [-0.2, -0.15) is 0 Å². The van der Waals surface area contributed by atoms with Crippen LogP contribution in [0, 0.1) is 0 Å². The molecule has 1 unspecified atom stereocenters. The van der Waals surface area contributed by atoms with E-state index < -0.39 is 0 Å². The molecular weight excluding hydrogens is 224 g/mol. The van der Waals surface area contributed by atoms with Crippen molar-refractivity contribution in [3.05, 3.63) is 35.9 Å². The van der Waals surface area contributed by atoms with Gasteiger partial charge >= 0.3 is 0 Å². The lowest BCUT2D eigenvalue weighted by Crippen LogP contribution is -2.03. The van der Waals surface area contributed by atoms with Crippen molar-refractivity contribution in [2.75, 3.05) is 26.9 Å². The summed E-state index contributed by atoms with van der Waals surface area (Å²) in [5, 5.41) is 0.0900. The molecule has 0 saturated heterocycles. The molecule has 0 heterocycles. The number of ether oxygens (including phenoxy) is 2. The fraction of sp³-hybridized carbons (Fsp3) is 0.538. The predicted molar refractivity (Wildman–Crippen MR) is 67.0 cm³/mol. The Labute approximate surface area is 103 Å². The van der Waals surface area contributed by atoms with Crippen LogP contribution in [0.1, 0.15) is 23.8 Å². The van der Waals surface area contributed by atoms with Gasteiger partial charge < -0.3 is 9.47 Å². The number of alkyl halides is 1. The highest BCUT2D eigenvalue weighted by molar-refractivity contribution is 6.20. The lowest BCUT2D eigenvalue weighted by molar-refractivity contribution is 0.0687. The Bertz CT molecular complexity index is 264. The van der Waals surface area contributed by atoms with Crippen LogP contribution in [0.25, 0.3) is 0 Å². The minimum atomic E-state index is 0.0900. The molecule has 1 atom stereocenters. The zero-order chi connectivity index (χ0) is 11.6. The van der Waals surface area contributed by atoms with Crippen molar-refractivity contribution in [1.82, 2.24) is 0 Å². The Hall–Kier alpha value is -0.570. The van der Waals surface area contributed by atoms with E-state index in [1.54, 1.807) is 7.11 Å². The Morgan fingerprint density at radius 1 is 1.12 bits per heavy atom. The monoisotopic (exact) mass is 242 g/mol. The van der Waals surface area contributed by atoms with Gasteiger partial charge in [0.05, 0.1) is 18.6 Å². The maximum Gasteiger partial charge on any atom is 0.0700 e. The predicted octanol–water partition coefficient (Wildman–Crippen LogP) is 3.41. The Kier molecular flexibility index (Phi) is 7.23. The highest BCUT2D eigenvalue weighted by atomic mass is 35.5. The molecule has 0 aliphatic heterocycles. The summed E-state index contributed by atoms with van der Waals surface area (Å²) in [6.45, 7) is 2.07. The molecule has 16 heavy (non-hydrogen) atoms. The van der Waals surface area contributed by atoms with E-state index in [-0.39, 0.29) is 5.38 Å². The van der Waals surface area contributed by atoms with Crippen LogP contribution in [0.15, 0.2) is 30.3 Å². The molecule has 2 nitrogen and oxygen atoms in total. The number of benzene rings is 1. The van der Waals surface area contributed by atoms with Crippen LogP contribution in [0.4, 0.5) is 0 Å². The highest BCUT2D eigenvalue weighted by Crippen LogP contribution is 2.24. The summed E-state index contributed by atoms with van der Waals surface area (Å²) in [6.07, 6.45) is 1.92. The van der Waals surface area contributed by atoms with E-state index in [1.165, 1.54) is 5.56 Å². The van der Waals surface area contributed by atoms with Gasteiger partial charge in [-0.1, -0.05) is 30.3 Å². The first kappa shape index (κ1) is 13.5. The Morgan fingerprint density at radius 2 is 1.88 bits per heavy atom. The summed E-state index contributed by atoms with van der Waals surface area (Å²) in [5.74, 6) is 0. The van der Waals surface area contributed by atoms with Crippen molar-refractivity contribution in [3.8, 4) is 0 Å². The average Bonchev–Trinajstić information content (AvgIpc) is 2.34. The molecule has 1 aromatic rings. The summed E-state index contributed by atoms with van der Waals surface area (Å²) in [4.78, 5) is 0. The highest BCUT2D eigenvalue weighted by Gasteiger charge is 2.06. The van der Waals surface area contributed by atoms with Crippen molar-refractivity contribution < 1.29 is 9.47 Å². The summed E-state index contributed by atoms with van der Waals surface area (Å²) < 4.78 is 10.3. The van der Waals surface area contributed by atoms with Crippen molar-refractivity contribution >= 4 is 11.6 Å². The van der Waals surface area contributed by atoms with E-state index in [9.17, 15) is 0 Å². The van der Waals surface area contributed by atoms with E-state index >= 15 is 0 Å². The van der Waals surface area contributed by atoms with Crippen LogP contribution in [-0.4, -0.2) is 26.9 Å².